The largest absolute Gasteiger partial charge is 0.489 e. The number of nitrogens with two attached hydrogens (primary N) is 1. The van der Waals surface area contributed by atoms with Crippen LogP contribution in [0.15, 0.2) is 46.9 Å². The summed E-state index contributed by atoms with van der Waals surface area (Å²) in [4.78, 5) is 24.2. The van der Waals surface area contributed by atoms with E-state index in [1.165, 1.54) is 0 Å². The predicted molar refractivity (Wildman–Crippen MR) is 123 cm³/mol. The van der Waals surface area contributed by atoms with E-state index in [9.17, 15) is 9.59 Å². The number of urea groups is 1. The fourth-order valence-corrected chi connectivity index (χ4v) is 3.79. The Morgan fingerprint density at radius 2 is 2.00 bits per heavy atom. The molecule has 0 spiro atoms. The van der Waals surface area contributed by atoms with E-state index in [1.54, 1.807) is 18.2 Å². The zero-order chi connectivity index (χ0) is 22.2. The van der Waals surface area contributed by atoms with Gasteiger partial charge in [0.2, 0.25) is 5.91 Å². The minimum absolute atomic E-state index is 0.0116. The number of hydrogen-bond acceptors (Lipinski definition) is 4. The zero-order valence-corrected chi connectivity index (χ0v) is 19.2. The van der Waals surface area contributed by atoms with E-state index >= 15 is 0 Å². The number of nitrogens with one attached hydrogen (secondary N) is 2. The van der Waals surface area contributed by atoms with Gasteiger partial charge in [0, 0.05) is 16.1 Å². The van der Waals surface area contributed by atoms with Crippen molar-refractivity contribution in [2.75, 3.05) is 18.5 Å². The predicted octanol–water partition coefficient (Wildman–Crippen LogP) is 4.79. The highest BCUT2D eigenvalue weighted by atomic mass is 79.9. The lowest BCUT2D eigenvalue weighted by Gasteiger charge is -2.23. The second-order valence-corrected chi connectivity index (χ2v) is 8.66. The van der Waals surface area contributed by atoms with Crippen molar-refractivity contribution in [3.05, 3.63) is 57.5 Å². The minimum atomic E-state index is -0.708. The van der Waals surface area contributed by atoms with Crippen LogP contribution < -0.4 is 21.1 Å². The molecule has 2 aromatic rings. The summed E-state index contributed by atoms with van der Waals surface area (Å²) in [6.45, 7) is 1.14. The van der Waals surface area contributed by atoms with Crippen LogP contribution in [0.1, 0.15) is 37.3 Å². The van der Waals surface area contributed by atoms with Crippen molar-refractivity contribution in [2.45, 2.75) is 37.8 Å². The summed E-state index contributed by atoms with van der Waals surface area (Å²) in [6.07, 6.45) is 3.15. The van der Waals surface area contributed by atoms with Crippen molar-refractivity contribution < 1.29 is 19.1 Å². The molecule has 31 heavy (non-hydrogen) atoms. The van der Waals surface area contributed by atoms with Crippen molar-refractivity contribution in [3.8, 4) is 5.75 Å². The number of benzene rings is 2. The van der Waals surface area contributed by atoms with Gasteiger partial charge < -0.3 is 25.8 Å². The third-order valence-corrected chi connectivity index (χ3v) is 5.66. The highest BCUT2D eigenvalue weighted by molar-refractivity contribution is 9.10. The molecule has 1 fully saturated rings. The third kappa shape index (κ3) is 7.41. The van der Waals surface area contributed by atoms with Crippen LogP contribution in [0.5, 0.6) is 5.75 Å². The van der Waals surface area contributed by atoms with Gasteiger partial charge in [-0.1, -0.05) is 39.7 Å². The molecule has 2 unspecified atom stereocenters. The van der Waals surface area contributed by atoms with Crippen molar-refractivity contribution in [1.82, 2.24) is 5.32 Å². The maximum absolute atomic E-state index is 12.8. The van der Waals surface area contributed by atoms with Crippen LogP contribution in [0.4, 0.5) is 10.5 Å². The molecule has 4 N–H and O–H groups in total. The van der Waals surface area contributed by atoms with E-state index in [2.05, 4.69) is 26.6 Å². The first-order chi connectivity index (χ1) is 14.9. The first kappa shape index (κ1) is 23.4. The van der Waals surface area contributed by atoms with Crippen molar-refractivity contribution in [1.29, 1.82) is 0 Å². The van der Waals surface area contributed by atoms with E-state index in [-0.39, 0.29) is 18.4 Å². The van der Waals surface area contributed by atoms with Crippen molar-refractivity contribution in [2.24, 2.45) is 5.73 Å². The van der Waals surface area contributed by atoms with Gasteiger partial charge in [-0.15, -0.1) is 0 Å². The SMILES string of the molecule is NC(=O)NC(CC(=O)Nc1cc(Cl)ccc1OCC1CCCCO1)c1ccc(Br)cc1. The highest BCUT2D eigenvalue weighted by Crippen LogP contribution is 2.30. The summed E-state index contributed by atoms with van der Waals surface area (Å²) >= 11 is 9.50. The lowest BCUT2D eigenvalue weighted by Crippen LogP contribution is -2.35. The number of hydrogen-bond donors (Lipinski definition) is 3. The second-order valence-electron chi connectivity index (χ2n) is 7.31. The van der Waals surface area contributed by atoms with Crippen LogP contribution in [0.25, 0.3) is 0 Å². The molecule has 2 aromatic carbocycles. The van der Waals surface area contributed by atoms with Crippen LogP contribution in [0.2, 0.25) is 5.02 Å². The Kier molecular flexibility index (Phi) is 8.57. The van der Waals surface area contributed by atoms with E-state index < -0.39 is 12.1 Å². The Hall–Kier alpha value is -2.29. The van der Waals surface area contributed by atoms with Gasteiger partial charge in [-0.2, -0.15) is 0 Å². The van der Waals surface area contributed by atoms with E-state index in [4.69, 9.17) is 26.8 Å². The molecule has 1 heterocycles. The minimum Gasteiger partial charge on any atom is -0.489 e. The number of amides is 3. The van der Waals surface area contributed by atoms with Gasteiger partial charge in [0.05, 0.1) is 24.3 Å². The normalized spacial score (nSPS) is 16.9. The van der Waals surface area contributed by atoms with Gasteiger partial charge in [-0.3, -0.25) is 4.79 Å². The number of primary amides is 1. The topological polar surface area (TPSA) is 103 Å². The number of carbonyl (C=O) groups excluding carboxylic acids is 2. The van der Waals surface area contributed by atoms with Gasteiger partial charge >= 0.3 is 6.03 Å². The number of anilines is 1. The summed E-state index contributed by atoms with van der Waals surface area (Å²) < 4.78 is 12.5. The third-order valence-electron chi connectivity index (χ3n) is 4.89. The summed E-state index contributed by atoms with van der Waals surface area (Å²) in [5, 5.41) is 5.92. The number of rotatable bonds is 8. The monoisotopic (exact) mass is 509 g/mol. The molecule has 1 aliphatic rings. The molecule has 166 valence electrons. The Labute approximate surface area is 194 Å². The highest BCUT2D eigenvalue weighted by Gasteiger charge is 2.20. The average molecular weight is 511 g/mol. The Bertz CT molecular complexity index is 904. The summed E-state index contributed by atoms with van der Waals surface area (Å²) in [7, 11) is 0. The maximum atomic E-state index is 12.8. The molecule has 3 amide bonds. The molecular formula is C22H25BrClN3O4. The molecule has 9 heteroatoms. The quantitative estimate of drug-likeness (QED) is 0.475. The standard InChI is InChI=1S/C22H25BrClN3O4/c23-15-6-4-14(5-7-15)18(27-22(25)29)12-21(28)26-19-11-16(24)8-9-20(19)31-13-17-3-1-2-10-30-17/h4-9,11,17-18H,1-3,10,12-13H2,(H,26,28)(H3,25,27,29). The smallest absolute Gasteiger partial charge is 0.312 e. The lowest BCUT2D eigenvalue weighted by molar-refractivity contribution is -0.116. The first-order valence-electron chi connectivity index (χ1n) is 10.1. The fourth-order valence-electron chi connectivity index (χ4n) is 3.35. The second kappa shape index (κ2) is 11.4. The summed E-state index contributed by atoms with van der Waals surface area (Å²) in [5.41, 5.74) is 6.52. The average Bonchev–Trinajstić information content (AvgIpc) is 2.73. The van der Waals surface area contributed by atoms with Gasteiger partial charge in [-0.05, 0) is 55.2 Å². The van der Waals surface area contributed by atoms with Gasteiger partial charge in [0.1, 0.15) is 12.4 Å². The molecule has 1 saturated heterocycles. The molecule has 0 radical (unpaired) electrons. The molecule has 0 aromatic heterocycles. The molecule has 2 atom stereocenters. The lowest BCUT2D eigenvalue weighted by atomic mass is 10.0. The summed E-state index contributed by atoms with van der Waals surface area (Å²) in [5.74, 6) is 0.192. The van der Waals surface area contributed by atoms with Crippen LogP contribution in [0, 0.1) is 0 Å². The molecule has 7 nitrogen and oxygen atoms in total. The number of halogens is 2. The molecule has 3 rings (SSSR count). The summed E-state index contributed by atoms with van der Waals surface area (Å²) in [6, 6.07) is 11.1. The van der Waals surface area contributed by atoms with E-state index in [0.29, 0.717) is 23.1 Å². The molecular weight excluding hydrogens is 486 g/mol. The van der Waals surface area contributed by atoms with E-state index in [1.807, 2.05) is 24.3 Å². The number of carbonyl (C=O) groups is 2. The van der Waals surface area contributed by atoms with Gasteiger partial charge in [0.25, 0.3) is 0 Å². The van der Waals surface area contributed by atoms with Gasteiger partial charge in [0.15, 0.2) is 0 Å². The van der Waals surface area contributed by atoms with E-state index in [0.717, 1.165) is 35.9 Å². The molecule has 0 saturated carbocycles. The van der Waals surface area contributed by atoms with Crippen LogP contribution in [-0.4, -0.2) is 31.3 Å². The Balaban J connectivity index is 1.68. The van der Waals surface area contributed by atoms with Crippen LogP contribution in [0.3, 0.4) is 0 Å². The molecule has 0 bridgehead atoms. The first-order valence-corrected chi connectivity index (χ1v) is 11.2. The molecule has 1 aliphatic heterocycles. The van der Waals surface area contributed by atoms with Crippen LogP contribution in [-0.2, 0) is 9.53 Å². The zero-order valence-electron chi connectivity index (χ0n) is 16.9. The maximum Gasteiger partial charge on any atom is 0.312 e. The van der Waals surface area contributed by atoms with Crippen molar-refractivity contribution >= 4 is 45.2 Å². The molecule has 0 aliphatic carbocycles. The van der Waals surface area contributed by atoms with Crippen LogP contribution >= 0.6 is 27.5 Å². The fraction of sp³-hybridized carbons (Fsp3) is 0.364. The number of ether oxygens (including phenoxy) is 2. The van der Waals surface area contributed by atoms with Gasteiger partial charge in [-0.25, -0.2) is 4.79 Å². The Morgan fingerprint density at radius 3 is 2.68 bits per heavy atom. The van der Waals surface area contributed by atoms with Crippen molar-refractivity contribution in [3.63, 3.8) is 0 Å². The Morgan fingerprint density at radius 1 is 1.23 bits per heavy atom.